The molecule has 0 atom stereocenters. The molecule has 3 nitrogen and oxygen atoms in total. The number of nitrogens with zero attached hydrogens (tertiary/aromatic N) is 1. The van der Waals surface area contributed by atoms with E-state index in [-0.39, 0.29) is 5.91 Å². The number of methoxy groups -OCH3 is 1. The van der Waals surface area contributed by atoms with Gasteiger partial charge in [0, 0.05) is 18.3 Å². The second kappa shape index (κ2) is 6.76. The molecule has 0 unspecified atom stereocenters. The molecule has 110 valence electrons. The van der Waals surface area contributed by atoms with Crippen molar-refractivity contribution in [3.63, 3.8) is 0 Å². The van der Waals surface area contributed by atoms with Gasteiger partial charge in [-0.15, -0.1) is 0 Å². The Hall–Kier alpha value is -1.81. The number of rotatable bonds is 4. The maximum atomic E-state index is 12.5. The molecule has 2 aromatic rings. The normalized spacial score (nSPS) is 10.3. The molecule has 2 aromatic carbocycles. The summed E-state index contributed by atoms with van der Waals surface area (Å²) in [6.07, 6.45) is 0.989. The van der Waals surface area contributed by atoms with Crippen LogP contribution in [0.5, 0.6) is 5.75 Å². The molecule has 0 aliphatic rings. The Bertz CT molecular complexity index is 638. The van der Waals surface area contributed by atoms with Gasteiger partial charge in [0.15, 0.2) is 0 Å². The highest BCUT2D eigenvalue weighted by Gasteiger charge is 2.15. The summed E-state index contributed by atoms with van der Waals surface area (Å²) in [7, 11) is 3.38. The van der Waals surface area contributed by atoms with Crippen molar-refractivity contribution in [2.24, 2.45) is 0 Å². The highest BCUT2D eigenvalue weighted by atomic mass is 79.9. The van der Waals surface area contributed by atoms with Gasteiger partial charge in [-0.3, -0.25) is 4.79 Å². The van der Waals surface area contributed by atoms with Crippen molar-refractivity contribution in [3.05, 3.63) is 58.1 Å². The average Bonchev–Trinajstić information content (AvgIpc) is 2.53. The number of ether oxygens (including phenoxy) is 1. The van der Waals surface area contributed by atoms with E-state index in [2.05, 4.69) is 22.9 Å². The van der Waals surface area contributed by atoms with Crippen LogP contribution >= 0.6 is 15.9 Å². The van der Waals surface area contributed by atoms with E-state index in [1.54, 1.807) is 37.3 Å². The molecule has 0 N–H and O–H groups in total. The van der Waals surface area contributed by atoms with Crippen LogP contribution in [0.25, 0.3) is 0 Å². The summed E-state index contributed by atoms with van der Waals surface area (Å²) in [6.45, 7) is 2.11. The molecule has 21 heavy (non-hydrogen) atoms. The zero-order valence-corrected chi connectivity index (χ0v) is 14.0. The Morgan fingerprint density at radius 2 is 1.86 bits per heavy atom. The van der Waals surface area contributed by atoms with Crippen molar-refractivity contribution in [1.29, 1.82) is 0 Å². The molecule has 0 spiro atoms. The van der Waals surface area contributed by atoms with Crippen LogP contribution in [0.4, 0.5) is 5.69 Å². The third-order valence-electron chi connectivity index (χ3n) is 3.44. The molecule has 0 aromatic heterocycles. The molecule has 4 heteroatoms. The molecular weight excluding hydrogens is 330 g/mol. The topological polar surface area (TPSA) is 29.5 Å². The van der Waals surface area contributed by atoms with Gasteiger partial charge >= 0.3 is 0 Å². The van der Waals surface area contributed by atoms with Gasteiger partial charge in [-0.25, -0.2) is 0 Å². The lowest BCUT2D eigenvalue weighted by Gasteiger charge is -2.18. The Morgan fingerprint density at radius 1 is 1.19 bits per heavy atom. The Morgan fingerprint density at radius 3 is 2.38 bits per heavy atom. The van der Waals surface area contributed by atoms with Crippen LogP contribution in [0, 0.1) is 0 Å². The van der Waals surface area contributed by atoms with Crippen molar-refractivity contribution >= 4 is 27.5 Å². The van der Waals surface area contributed by atoms with Gasteiger partial charge in [0.25, 0.3) is 5.91 Å². The van der Waals surface area contributed by atoms with Gasteiger partial charge in [0.05, 0.1) is 11.6 Å². The molecule has 0 saturated heterocycles. The largest absolute Gasteiger partial charge is 0.496 e. The molecule has 0 aliphatic heterocycles. The monoisotopic (exact) mass is 347 g/mol. The second-order valence-corrected chi connectivity index (χ2v) is 5.59. The molecule has 2 rings (SSSR count). The molecule has 1 amide bonds. The van der Waals surface area contributed by atoms with Crippen LogP contribution in [-0.4, -0.2) is 20.1 Å². The predicted molar refractivity (Wildman–Crippen MR) is 89.2 cm³/mol. The van der Waals surface area contributed by atoms with E-state index in [9.17, 15) is 4.79 Å². The summed E-state index contributed by atoms with van der Waals surface area (Å²) in [5.41, 5.74) is 2.75. The maximum Gasteiger partial charge on any atom is 0.258 e. The molecule has 0 bridgehead atoms. The smallest absolute Gasteiger partial charge is 0.258 e. The molecule has 0 saturated carbocycles. The number of hydrogen-bond donors (Lipinski definition) is 0. The zero-order valence-electron chi connectivity index (χ0n) is 12.4. The minimum atomic E-state index is -0.0531. The van der Waals surface area contributed by atoms with Crippen LogP contribution in [0.1, 0.15) is 22.8 Å². The minimum absolute atomic E-state index is 0.0531. The lowest BCUT2D eigenvalue weighted by atomic mass is 10.1. The summed E-state index contributed by atoms with van der Waals surface area (Å²) >= 11 is 3.40. The van der Waals surface area contributed by atoms with E-state index >= 15 is 0 Å². The fourth-order valence-corrected chi connectivity index (χ4v) is 2.61. The van der Waals surface area contributed by atoms with Gasteiger partial charge in [-0.2, -0.15) is 0 Å². The molecule has 0 fully saturated rings. The lowest BCUT2D eigenvalue weighted by Crippen LogP contribution is -2.26. The van der Waals surface area contributed by atoms with Gasteiger partial charge in [-0.1, -0.05) is 19.1 Å². The number of carbonyl (C=O) groups is 1. The second-order valence-electron chi connectivity index (χ2n) is 4.73. The fourth-order valence-electron chi connectivity index (χ4n) is 2.07. The van der Waals surface area contributed by atoms with Crippen LogP contribution in [0.3, 0.4) is 0 Å². The summed E-state index contributed by atoms with van der Waals surface area (Å²) < 4.78 is 5.95. The summed E-state index contributed by atoms with van der Waals surface area (Å²) in [5.74, 6) is 0.657. The SMILES string of the molecule is CCc1ccc(N(C)C(=O)c2ccc(OC)c(Br)c2)cc1. The highest BCUT2D eigenvalue weighted by molar-refractivity contribution is 9.10. The Kier molecular flexibility index (Phi) is 5.02. The van der Waals surface area contributed by atoms with Crippen molar-refractivity contribution in [2.45, 2.75) is 13.3 Å². The number of aryl methyl sites for hydroxylation is 1. The molecule has 0 aliphatic carbocycles. The lowest BCUT2D eigenvalue weighted by molar-refractivity contribution is 0.0993. The average molecular weight is 348 g/mol. The first-order valence-corrected chi connectivity index (χ1v) is 7.56. The highest BCUT2D eigenvalue weighted by Crippen LogP contribution is 2.26. The first-order chi connectivity index (χ1) is 10.1. The van der Waals surface area contributed by atoms with E-state index in [1.807, 2.05) is 24.3 Å². The van der Waals surface area contributed by atoms with Gasteiger partial charge < -0.3 is 9.64 Å². The van der Waals surface area contributed by atoms with Gasteiger partial charge in [-0.05, 0) is 58.2 Å². The third kappa shape index (κ3) is 3.45. The van der Waals surface area contributed by atoms with Crippen molar-refractivity contribution < 1.29 is 9.53 Å². The van der Waals surface area contributed by atoms with Crippen LogP contribution in [-0.2, 0) is 6.42 Å². The zero-order chi connectivity index (χ0) is 15.4. The summed E-state index contributed by atoms with van der Waals surface area (Å²) in [6, 6.07) is 13.4. The maximum absolute atomic E-state index is 12.5. The third-order valence-corrected chi connectivity index (χ3v) is 4.05. The van der Waals surface area contributed by atoms with Crippen LogP contribution in [0.15, 0.2) is 46.9 Å². The van der Waals surface area contributed by atoms with E-state index in [0.29, 0.717) is 11.3 Å². The first kappa shape index (κ1) is 15.6. The van der Waals surface area contributed by atoms with Gasteiger partial charge in [0.1, 0.15) is 5.75 Å². The molecule has 0 radical (unpaired) electrons. The summed E-state index contributed by atoms with van der Waals surface area (Å²) in [4.78, 5) is 14.2. The quantitative estimate of drug-likeness (QED) is 0.825. The van der Waals surface area contributed by atoms with E-state index < -0.39 is 0 Å². The van der Waals surface area contributed by atoms with Crippen molar-refractivity contribution in [3.8, 4) is 5.75 Å². The first-order valence-electron chi connectivity index (χ1n) is 6.77. The van der Waals surface area contributed by atoms with E-state index in [0.717, 1.165) is 16.6 Å². The standard InChI is InChI=1S/C17H18BrNO2/c1-4-12-5-8-14(9-6-12)19(2)17(20)13-7-10-16(21-3)15(18)11-13/h5-11H,4H2,1-3H3. The minimum Gasteiger partial charge on any atom is -0.496 e. The van der Waals surface area contributed by atoms with Crippen LogP contribution in [0.2, 0.25) is 0 Å². The Balaban J connectivity index is 2.23. The number of benzene rings is 2. The van der Waals surface area contributed by atoms with E-state index in [4.69, 9.17) is 4.74 Å². The van der Waals surface area contributed by atoms with Crippen LogP contribution < -0.4 is 9.64 Å². The fraction of sp³-hybridized carbons (Fsp3) is 0.235. The number of halogens is 1. The predicted octanol–water partition coefficient (Wildman–Crippen LogP) is 4.30. The number of amides is 1. The number of hydrogen-bond acceptors (Lipinski definition) is 2. The molecular formula is C17H18BrNO2. The number of anilines is 1. The van der Waals surface area contributed by atoms with E-state index in [1.165, 1.54) is 5.56 Å². The van der Waals surface area contributed by atoms with Crippen molar-refractivity contribution in [2.75, 3.05) is 19.1 Å². The molecule has 0 heterocycles. The number of carbonyl (C=O) groups excluding carboxylic acids is 1. The Labute approximate surface area is 133 Å². The van der Waals surface area contributed by atoms with Crippen molar-refractivity contribution in [1.82, 2.24) is 0 Å². The van der Waals surface area contributed by atoms with Gasteiger partial charge in [0.2, 0.25) is 0 Å². The summed E-state index contributed by atoms with van der Waals surface area (Å²) in [5, 5.41) is 0.